The number of rotatable bonds is 2. The summed E-state index contributed by atoms with van der Waals surface area (Å²) in [5.41, 5.74) is 4.06. The number of hydrogen-bond acceptors (Lipinski definition) is 4. The topological polar surface area (TPSA) is 66.0 Å². The van der Waals surface area contributed by atoms with Gasteiger partial charge in [0.15, 0.2) is 11.4 Å². The lowest BCUT2D eigenvalue weighted by atomic mass is 10.1. The maximum Gasteiger partial charge on any atom is 0.183 e. The van der Waals surface area contributed by atoms with E-state index in [1.807, 2.05) is 55.4 Å². The highest BCUT2D eigenvalue weighted by molar-refractivity contribution is 8.13. The van der Waals surface area contributed by atoms with Crippen LogP contribution in [0.1, 0.15) is 11.1 Å². The van der Waals surface area contributed by atoms with Crippen LogP contribution >= 0.6 is 11.8 Å². The van der Waals surface area contributed by atoms with Crippen LogP contribution in [0.25, 0.3) is 5.69 Å². The molecule has 0 aliphatic heterocycles. The molecule has 2 rings (SSSR count). The zero-order chi connectivity index (χ0) is 14.5. The monoisotopic (exact) mass is 285 g/mol. The largest absolute Gasteiger partial charge is 0.271 e. The van der Waals surface area contributed by atoms with E-state index < -0.39 is 0 Å². The maximum atomic E-state index is 8.66. The minimum absolute atomic E-state index is 0.582. The molecule has 0 fully saturated rings. The third-order valence-corrected chi connectivity index (χ3v) is 3.38. The summed E-state index contributed by atoms with van der Waals surface area (Å²) in [6, 6.07) is 5.87. The van der Waals surface area contributed by atoms with E-state index in [1.54, 1.807) is 6.20 Å². The van der Waals surface area contributed by atoms with Gasteiger partial charge < -0.3 is 0 Å². The number of aryl methyl sites for hydroxylation is 2. The number of aromatic nitrogens is 2. The van der Waals surface area contributed by atoms with Gasteiger partial charge in [0.25, 0.3) is 0 Å². The van der Waals surface area contributed by atoms with Crippen molar-refractivity contribution in [2.45, 2.75) is 13.8 Å². The van der Waals surface area contributed by atoms with Gasteiger partial charge in [-0.15, -0.1) is 0 Å². The maximum absolute atomic E-state index is 8.66. The predicted octanol–water partition coefficient (Wildman–Crippen LogP) is 2.91. The van der Waals surface area contributed by atoms with Crippen LogP contribution in [0.5, 0.6) is 0 Å². The number of benzene rings is 1. The third-order valence-electron chi connectivity index (χ3n) is 2.80. The summed E-state index contributed by atoms with van der Waals surface area (Å²) in [6.45, 7) is 4.05. The fourth-order valence-corrected chi connectivity index (χ4v) is 2.39. The van der Waals surface area contributed by atoms with Gasteiger partial charge in [-0.05, 0) is 49.4 Å². The summed E-state index contributed by atoms with van der Waals surface area (Å²) in [5.74, 6) is 0. The van der Waals surface area contributed by atoms with Crippen molar-refractivity contribution in [2.24, 2.45) is 4.99 Å². The van der Waals surface area contributed by atoms with Crippen LogP contribution in [0.2, 0.25) is 0 Å². The van der Waals surface area contributed by atoms with Crippen molar-refractivity contribution in [3.63, 3.8) is 0 Å². The van der Waals surface area contributed by atoms with Crippen LogP contribution in [0.4, 0.5) is 5.69 Å². The molecular formula is C14H15N5S. The standard InChI is InChI=1S/C14H15N5S/c1-10-7-12(18-14(20-3)16-9-15)8-11(2)13(10)19-6-4-5-17-19/h4-8H,1-3H3,(H,16,18). The molecule has 0 radical (unpaired) electrons. The number of nitrogens with one attached hydrogen (secondary N) is 1. The molecule has 0 atom stereocenters. The number of nitriles is 1. The van der Waals surface area contributed by atoms with Gasteiger partial charge in [-0.3, -0.25) is 5.32 Å². The van der Waals surface area contributed by atoms with E-state index in [1.165, 1.54) is 11.8 Å². The first kappa shape index (κ1) is 14.2. The molecule has 2 aromatic rings. The Hall–Kier alpha value is -2.26. The van der Waals surface area contributed by atoms with Gasteiger partial charge in [0.05, 0.1) is 11.4 Å². The molecule has 0 unspecified atom stereocenters. The van der Waals surface area contributed by atoms with Gasteiger partial charge >= 0.3 is 0 Å². The highest BCUT2D eigenvalue weighted by atomic mass is 32.2. The normalized spacial score (nSPS) is 11.2. The van der Waals surface area contributed by atoms with Crippen molar-refractivity contribution in [3.8, 4) is 11.9 Å². The van der Waals surface area contributed by atoms with E-state index in [9.17, 15) is 0 Å². The fraction of sp³-hybridized carbons (Fsp3) is 0.214. The number of hydrogen-bond donors (Lipinski definition) is 1. The molecule has 0 saturated carbocycles. The van der Waals surface area contributed by atoms with Crippen molar-refractivity contribution < 1.29 is 0 Å². The Morgan fingerprint density at radius 2 is 2.10 bits per heavy atom. The molecule has 0 spiro atoms. The number of nitrogens with zero attached hydrogens (tertiary/aromatic N) is 4. The van der Waals surface area contributed by atoms with Gasteiger partial charge in [0.2, 0.25) is 0 Å². The Balaban J connectivity index is 2.43. The Labute approximate surface area is 122 Å². The summed E-state index contributed by atoms with van der Waals surface area (Å²) in [7, 11) is 0. The van der Waals surface area contributed by atoms with Gasteiger partial charge in [0, 0.05) is 12.4 Å². The molecule has 1 aromatic heterocycles. The first-order chi connectivity index (χ1) is 9.65. The van der Waals surface area contributed by atoms with Crippen molar-refractivity contribution >= 4 is 22.6 Å². The molecule has 1 heterocycles. The second-order valence-electron chi connectivity index (χ2n) is 4.24. The van der Waals surface area contributed by atoms with E-state index in [4.69, 9.17) is 5.26 Å². The summed E-state index contributed by atoms with van der Waals surface area (Å²) < 4.78 is 1.85. The molecule has 1 aromatic carbocycles. The Bertz CT molecular complexity index is 644. The van der Waals surface area contributed by atoms with Crippen LogP contribution in [-0.4, -0.2) is 21.2 Å². The molecular weight excluding hydrogens is 270 g/mol. The fourth-order valence-electron chi connectivity index (χ4n) is 2.05. The Morgan fingerprint density at radius 3 is 2.60 bits per heavy atom. The minimum atomic E-state index is 0.582. The van der Waals surface area contributed by atoms with Crippen molar-refractivity contribution in [3.05, 3.63) is 41.7 Å². The molecule has 1 N–H and O–H groups in total. The van der Waals surface area contributed by atoms with E-state index >= 15 is 0 Å². The summed E-state index contributed by atoms with van der Waals surface area (Å²) in [4.78, 5) is 4.43. The number of thioether (sulfide) groups is 1. The first-order valence-corrected chi connectivity index (χ1v) is 7.27. The van der Waals surface area contributed by atoms with Crippen molar-refractivity contribution in [2.75, 3.05) is 6.26 Å². The van der Waals surface area contributed by atoms with Crippen molar-refractivity contribution in [1.82, 2.24) is 15.1 Å². The molecule has 0 bridgehead atoms. The quantitative estimate of drug-likeness (QED) is 0.399. The zero-order valence-corrected chi connectivity index (χ0v) is 12.4. The van der Waals surface area contributed by atoms with Crippen LogP contribution in [0.3, 0.4) is 0 Å². The SMILES string of the molecule is CSC(=Nc1cc(C)c(-n2cccn2)c(C)c1)NC#N. The Kier molecular flexibility index (Phi) is 4.43. The number of amidine groups is 1. The lowest BCUT2D eigenvalue weighted by molar-refractivity contribution is 0.865. The summed E-state index contributed by atoms with van der Waals surface area (Å²) >= 11 is 1.40. The van der Waals surface area contributed by atoms with Crippen LogP contribution in [0.15, 0.2) is 35.6 Å². The average Bonchev–Trinajstić information content (AvgIpc) is 2.91. The molecule has 5 nitrogen and oxygen atoms in total. The molecule has 0 aliphatic carbocycles. The minimum Gasteiger partial charge on any atom is -0.271 e. The molecule has 0 saturated heterocycles. The number of aliphatic imine (C=N–C) groups is 1. The highest BCUT2D eigenvalue weighted by Crippen LogP contribution is 2.25. The van der Waals surface area contributed by atoms with E-state index in [-0.39, 0.29) is 0 Å². The van der Waals surface area contributed by atoms with Gasteiger partial charge in [-0.25, -0.2) is 9.67 Å². The molecule has 0 amide bonds. The van der Waals surface area contributed by atoms with Gasteiger partial charge in [-0.2, -0.15) is 10.4 Å². The smallest absolute Gasteiger partial charge is 0.183 e. The first-order valence-electron chi connectivity index (χ1n) is 6.04. The second kappa shape index (κ2) is 6.26. The van der Waals surface area contributed by atoms with E-state index in [0.29, 0.717) is 5.17 Å². The molecule has 102 valence electrons. The molecule has 0 aliphatic rings. The van der Waals surface area contributed by atoms with E-state index in [0.717, 1.165) is 22.5 Å². The second-order valence-corrected chi connectivity index (χ2v) is 5.03. The summed E-state index contributed by atoms with van der Waals surface area (Å²) in [5, 5.41) is 16.1. The lowest BCUT2D eigenvalue weighted by Crippen LogP contribution is -2.12. The van der Waals surface area contributed by atoms with Crippen LogP contribution in [0, 0.1) is 25.3 Å². The summed E-state index contributed by atoms with van der Waals surface area (Å²) in [6.07, 6.45) is 7.44. The predicted molar refractivity (Wildman–Crippen MR) is 82.4 cm³/mol. The molecule has 20 heavy (non-hydrogen) atoms. The van der Waals surface area contributed by atoms with Gasteiger partial charge in [0.1, 0.15) is 0 Å². The lowest BCUT2D eigenvalue weighted by Gasteiger charge is -2.11. The van der Waals surface area contributed by atoms with Crippen LogP contribution < -0.4 is 5.32 Å². The Morgan fingerprint density at radius 1 is 1.40 bits per heavy atom. The molecule has 6 heteroatoms. The third kappa shape index (κ3) is 3.00. The van der Waals surface area contributed by atoms with Crippen molar-refractivity contribution in [1.29, 1.82) is 5.26 Å². The van der Waals surface area contributed by atoms with E-state index in [2.05, 4.69) is 15.4 Å². The van der Waals surface area contributed by atoms with Gasteiger partial charge in [-0.1, -0.05) is 11.8 Å². The highest BCUT2D eigenvalue weighted by Gasteiger charge is 2.08. The zero-order valence-electron chi connectivity index (χ0n) is 11.6. The average molecular weight is 285 g/mol. The van der Waals surface area contributed by atoms with Crippen LogP contribution in [-0.2, 0) is 0 Å².